The lowest BCUT2D eigenvalue weighted by Crippen LogP contribution is -2.32. The van der Waals surface area contributed by atoms with Crippen molar-refractivity contribution in [1.82, 2.24) is 5.32 Å². The van der Waals surface area contributed by atoms with Crippen LogP contribution in [0.25, 0.3) is 0 Å². The van der Waals surface area contributed by atoms with E-state index in [1.54, 1.807) is 13.8 Å². The maximum Gasteiger partial charge on any atom is 0.336 e. The van der Waals surface area contributed by atoms with Crippen LogP contribution in [0.15, 0.2) is 40.1 Å². The summed E-state index contributed by atoms with van der Waals surface area (Å²) in [4.78, 5) is 26.4. The number of rotatable bonds is 9. The zero-order valence-electron chi connectivity index (χ0n) is 16.0. The smallest absolute Gasteiger partial charge is 0.336 e. The Morgan fingerprint density at radius 2 is 1.48 bits per heavy atom. The van der Waals surface area contributed by atoms with Crippen LogP contribution in [0.5, 0.6) is 0 Å². The molecule has 0 saturated carbocycles. The highest BCUT2D eigenvalue weighted by molar-refractivity contribution is 7.10. The zero-order valence-corrected chi connectivity index (χ0v) is 16.8. The molecule has 0 amide bonds. The van der Waals surface area contributed by atoms with Gasteiger partial charge in [-0.1, -0.05) is 6.07 Å². The van der Waals surface area contributed by atoms with Gasteiger partial charge < -0.3 is 24.3 Å². The van der Waals surface area contributed by atoms with Crippen molar-refractivity contribution in [2.24, 2.45) is 0 Å². The van der Waals surface area contributed by atoms with Gasteiger partial charge in [0.2, 0.25) is 0 Å². The highest BCUT2D eigenvalue weighted by Crippen LogP contribution is 2.40. The van der Waals surface area contributed by atoms with Gasteiger partial charge in [-0.05, 0) is 25.3 Å². The van der Waals surface area contributed by atoms with Crippen LogP contribution < -0.4 is 5.32 Å². The van der Waals surface area contributed by atoms with Gasteiger partial charge in [0.1, 0.15) is 13.2 Å². The summed E-state index contributed by atoms with van der Waals surface area (Å²) in [5, 5.41) is 5.02. The lowest BCUT2D eigenvalue weighted by atomic mass is 9.84. The molecule has 1 aliphatic rings. The number of nitrogens with one attached hydrogen (secondary N) is 1. The van der Waals surface area contributed by atoms with Crippen LogP contribution in [-0.4, -0.2) is 52.6 Å². The number of ether oxygens (including phenoxy) is 4. The van der Waals surface area contributed by atoms with Crippen molar-refractivity contribution in [2.75, 3.05) is 40.6 Å². The van der Waals surface area contributed by atoms with E-state index < -0.39 is 17.9 Å². The number of dihydropyridines is 1. The van der Waals surface area contributed by atoms with Gasteiger partial charge in [-0.3, -0.25) is 0 Å². The molecular weight excluding hydrogens is 370 g/mol. The molecule has 0 spiro atoms. The summed E-state index contributed by atoms with van der Waals surface area (Å²) < 4.78 is 20.5. The summed E-state index contributed by atoms with van der Waals surface area (Å²) in [6.45, 7) is 4.47. The van der Waals surface area contributed by atoms with Gasteiger partial charge in [0.25, 0.3) is 0 Å². The summed E-state index contributed by atoms with van der Waals surface area (Å²) in [6.07, 6.45) is 0. The van der Waals surface area contributed by atoms with E-state index in [9.17, 15) is 9.59 Å². The van der Waals surface area contributed by atoms with Gasteiger partial charge in [-0.2, -0.15) is 0 Å². The first-order chi connectivity index (χ1) is 13.0. The van der Waals surface area contributed by atoms with E-state index in [0.29, 0.717) is 35.8 Å². The topological polar surface area (TPSA) is 83.1 Å². The Balaban J connectivity index is 2.36. The number of methoxy groups -OCH3 is 2. The van der Waals surface area contributed by atoms with E-state index in [-0.39, 0.29) is 13.2 Å². The molecule has 8 heteroatoms. The molecule has 0 radical (unpaired) electrons. The number of esters is 2. The third-order valence-corrected chi connectivity index (χ3v) is 5.01. The van der Waals surface area contributed by atoms with Crippen LogP contribution >= 0.6 is 11.3 Å². The third kappa shape index (κ3) is 5.18. The van der Waals surface area contributed by atoms with Crippen molar-refractivity contribution in [3.63, 3.8) is 0 Å². The quantitative estimate of drug-likeness (QED) is 0.508. The number of allylic oxidation sites excluding steroid dienone is 2. The van der Waals surface area contributed by atoms with Crippen LogP contribution in [0.1, 0.15) is 24.6 Å². The van der Waals surface area contributed by atoms with Gasteiger partial charge >= 0.3 is 11.9 Å². The molecule has 27 heavy (non-hydrogen) atoms. The van der Waals surface area contributed by atoms with E-state index in [1.165, 1.54) is 25.6 Å². The molecule has 1 aromatic heterocycles. The average molecular weight is 395 g/mol. The van der Waals surface area contributed by atoms with Gasteiger partial charge in [-0.15, -0.1) is 11.3 Å². The van der Waals surface area contributed by atoms with Crippen molar-refractivity contribution < 1.29 is 28.5 Å². The fourth-order valence-corrected chi connectivity index (χ4v) is 3.71. The fourth-order valence-electron chi connectivity index (χ4n) is 2.87. The van der Waals surface area contributed by atoms with Gasteiger partial charge in [-0.25, -0.2) is 9.59 Å². The molecule has 7 nitrogen and oxygen atoms in total. The first-order valence-corrected chi connectivity index (χ1v) is 9.43. The molecule has 0 saturated heterocycles. The summed E-state index contributed by atoms with van der Waals surface area (Å²) in [7, 11) is 3.07. The monoisotopic (exact) mass is 395 g/mol. The molecule has 2 rings (SSSR count). The molecule has 148 valence electrons. The highest BCUT2D eigenvalue weighted by atomic mass is 32.1. The maximum absolute atomic E-state index is 12.8. The first-order valence-electron chi connectivity index (χ1n) is 8.55. The van der Waals surface area contributed by atoms with E-state index in [0.717, 1.165) is 4.88 Å². The van der Waals surface area contributed by atoms with Crippen LogP contribution in [0.4, 0.5) is 0 Å². The van der Waals surface area contributed by atoms with Gasteiger partial charge in [0.15, 0.2) is 0 Å². The van der Waals surface area contributed by atoms with Crippen molar-refractivity contribution in [3.8, 4) is 0 Å². The summed E-state index contributed by atoms with van der Waals surface area (Å²) >= 11 is 1.47. The predicted molar refractivity (Wildman–Crippen MR) is 101 cm³/mol. The Hall–Kier alpha value is -2.16. The SMILES string of the molecule is COCCOC(=O)C1=C(C)NC(C)=C(C(=O)OCCOC)C1c1cccs1. The molecule has 1 aromatic rings. The van der Waals surface area contributed by atoms with Crippen molar-refractivity contribution in [3.05, 3.63) is 44.9 Å². The van der Waals surface area contributed by atoms with E-state index in [1.807, 2.05) is 17.5 Å². The third-order valence-electron chi connectivity index (χ3n) is 4.07. The molecule has 0 fully saturated rings. The highest BCUT2D eigenvalue weighted by Gasteiger charge is 2.38. The number of hydrogen-bond donors (Lipinski definition) is 1. The maximum atomic E-state index is 12.8. The molecule has 1 aliphatic heterocycles. The van der Waals surface area contributed by atoms with Gasteiger partial charge in [0, 0.05) is 30.5 Å². The number of carbonyl (C=O) groups excluding carboxylic acids is 2. The Labute approximate surface area is 162 Å². The summed E-state index contributed by atoms with van der Waals surface area (Å²) in [6, 6.07) is 3.78. The zero-order chi connectivity index (χ0) is 19.8. The number of thiophene rings is 1. The largest absolute Gasteiger partial charge is 0.460 e. The Morgan fingerprint density at radius 3 is 1.89 bits per heavy atom. The molecular formula is C19H25NO6S. The minimum absolute atomic E-state index is 0.138. The Kier molecular flexibility index (Phi) is 8.02. The second-order valence-electron chi connectivity index (χ2n) is 5.91. The molecule has 2 heterocycles. The first kappa shape index (κ1) is 21.1. The Bertz CT molecular complexity index is 679. The normalized spacial score (nSPS) is 15.0. The molecule has 0 unspecified atom stereocenters. The van der Waals surface area contributed by atoms with Crippen LogP contribution in [-0.2, 0) is 28.5 Å². The molecule has 1 N–H and O–H groups in total. The summed E-state index contributed by atoms with van der Waals surface area (Å²) in [5.74, 6) is -1.51. The second kappa shape index (κ2) is 10.2. The lowest BCUT2D eigenvalue weighted by Gasteiger charge is -2.29. The van der Waals surface area contributed by atoms with Crippen molar-refractivity contribution in [2.45, 2.75) is 19.8 Å². The summed E-state index contributed by atoms with van der Waals surface area (Å²) in [5.41, 5.74) is 2.11. The predicted octanol–water partition coefficient (Wildman–Crippen LogP) is 2.36. The number of hydrogen-bond acceptors (Lipinski definition) is 8. The van der Waals surface area contributed by atoms with Gasteiger partial charge in [0.05, 0.1) is 30.3 Å². The molecule has 0 bridgehead atoms. The van der Waals surface area contributed by atoms with Crippen LogP contribution in [0.2, 0.25) is 0 Å². The van der Waals surface area contributed by atoms with E-state index >= 15 is 0 Å². The Morgan fingerprint density at radius 1 is 0.963 bits per heavy atom. The molecule has 0 atom stereocenters. The second-order valence-corrected chi connectivity index (χ2v) is 6.89. The minimum atomic E-state index is -0.545. The van der Waals surface area contributed by atoms with E-state index in [2.05, 4.69) is 5.32 Å². The fraction of sp³-hybridized carbons (Fsp3) is 0.474. The molecule has 0 aliphatic carbocycles. The lowest BCUT2D eigenvalue weighted by molar-refractivity contribution is -0.141. The van der Waals surface area contributed by atoms with E-state index in [4.69, 9.17) is 18.9 Å². The van der Waals surface area contributed by atoms with Crippen molar-refractivity contribution >= 4 is 23.3 Å². The average Bonchev–Trinajstić information content (AvgIpc) is 3.15. The standard InChI is InChI=1S/C19H25NO6S/c1-12-15(18(21)25-9-7-23-3)17(14-6-5-11-27-14)16(13(2)20-12)19(22)26-10-8-24-4/h5-6,11,17,20H,7-10H2,1-4H3. The van der Waals surface area contributed by atoms with Crippen molar-refractivity contribution in [1.29, 1.82) is 0 Å². The van der Waals surface area contributed by atoms with Crippen LogP contribution in [0, 0.1) is 0 Å². The van der Waals surface area contributed by atoms with Crippen LogP contribution in [0.3, 0.4) is 0 Å². The minimum Gasteiger partial charge on any atom is -0.460 e. The molecule has 0 aromatic carbocycles. The number of carbonyl (C=O) groups is 2.